The molecule has 1 aliphatic rings. The summed E-state index contributed by atoms with van der Waals surface area (Å²) in [5.41, 5.74) is -0.947. The van der Waals surface area contributed by atoms with Crippen LogP contribution in [0.5, 0.6) is 0 Å². The van der Waals surface area contributed by atoms with E-state index >= 15 is 0 Å². The molecule has 0 bridgehead atoms. The number of nitrogens with one attached hydrogen (secondary N) is 1. The first-order valence-electron chi connectivity index (χ1n) is 6.53. The van der Waals surface area contributed by atoms with Gasteiger partial charge in [0.15, 0.2) is 0 Å². The number of carbonyl (C=O) groups excluding carboxylic acids is 3. The molecule has 0 aromatic heterocycles. The fraction of sp³-hybridized carbons (Fsp3) is 0.615. The molecule has 2 N–H and O–H groups in total. The number of rotatable bonds is 7. The molecule has 7 heteroatoms. The van der Waals surface area contributed by atoms with E-state index in [0.717, 1.165) is 4.90 Å². The zero-order chi connectivity index (χ0) is 15.3. The van der Waals surface area contributed by atoms with Gasteiger partial charge in [-0.25, -0.2) is 4.79 Å². The van der Waals surface area contributed by atoms with Gasteiger partial charge in [0.05, 0.1) is 6.61 Å². The Morgan fingerprint density at radius 2 is 2.20 bits per heavy atom. The molecule has 7 nitrogen and oxygen atoms in total. The van der Waals surface area contributed by atoms with Crippen LogP contribution in [0.3, 0.4) is 0 Å². The minimum absolute atomic E-state index is 0.138. The van der Waals surface area contributed by atoms with Crippen LogP contribution in [0.1, 0.15) is 20.3 Å². The van der Waals surface area contributed by atoms with Crippen molar-refractivity contribution in [1.29, 1.82) is 0 Å². The maximum Gasteiger partial charge on any atom is 0.325 e. The Kier molecular flexibility index (Phi) is 5.26. The number of hydrogen-bond donors (Lipinski definition) is 2. The summed E-state index contributed by atoms with van der Waals surface area (Å²) in [7, 11) is 0. The van der Waals surface area contributed by atoms with Crippen molar-refractivity contribution in [2.24, 2.45) is 0 Å². The van der Waals surface area contributed by atoms with Gasteiger partial charge >= 0.3 is 6.03 Å². The van der Waals surface area contributed by atoms with E-state index in [4.69, 9.17) is 5.11 Å². The second-order valence-corrected chi connectivity index (χ2v) is 4.86. The van der Waals surface area contributed by atoms with Crippen molar-refractivity contribution in [2.45, 2.75) is 25.8 Å². The Morgan fingerprint density at radius 3 is 2.65 bits per heavy atom. The van der Waals surface area contributed by atoms with Crippen LogP contribution >= 0.6 is 0 Å². The Morgan fingerprint density at radius 1 is 1.55 bits per heavy atom. The normalized spacial score (nSPS) is 21.9. The number of hydrogen-bond acceptors (Lipinski definition) is 4. The van der Waals surface area contributed by atoms with Gasteiger partial charge < -0.3 is 15.3 Å². The molecule has 1 saturated heterocycles. The zero-order valence-corrected chi connectivity index (χ0v) is 11.9. The average molecular weight is 283 g/mol. The minimum Gasteiger partial charge on any atom is -0.395 e. The number of carbonyl (C=O) groups is 3. The van der Waals surface area contributed by atoms with E-state index < -0.39 is 23.4 Å². The number of aliphatic hydroxyl groups is 1. The van der Waals surface area contributed by atoms with Gasteiger partial charge in [0.2, 0.25) is 5.91 Å². The largest absolute Gasteiger partial charge is 0.395 e. The van der Waals surface area contributed by atoms with E-state index in [1.165, 1.54) is 11.0 Å². The Balaban J connectivity index is 2.77. The fourth-order valence-electron chi connectivity index (χ4n) is 1.96. The summed E-state index contributed by atoms with van der Waals surface area (Å²) in [5, 5.41) is 11.5. The van der Waals surface area contributed by atoms with Gasteiger partial charge in [-0.2, -0.15) is 0 Å². The van der Waals surface area contributed by atoms with E-state index in [0.29, 0.717) is 6.42 Å². The van der Waals surface area contributed by atoms with Gasteiger partial charge in [0.25, 0.3) is 5.91 Å². The lowest BCUT2D eigenvalue weighted by atomic mass is 9.99. The lowest BCUT2D eigenvalue weighted by Crippen LogP contribution is -2.46. The van der Waals surface area contributed by atoms with Crippen molar-refractivity contribution >= 4 is 17.8 Å². The molecular formula is C13H21N3O4. The van der Waals surface area contributed by atoms with Crippen molar-refractivity contribution in [3.63, 3.8) is 0 Å². The van der Waals surface area contributed by atoms with Gasteiger partial charge in [0, 0.05) is 13.1 Å². The Bertz CT molecular complexity index is 424. The highest BCUT2D eigenvalue weighted by Crippen LogP contribution is 2.20. The summed E-state index contributed by atoms with van der Waals surface area (Å²) < 4.78 is 0. The molecule has 0 aliphatic carbocycles. The van der Waals surface area contributed by atoms with Crippen molar-refractivity contribution in [3.8, 4) is 0 Å². The molecule has 20 heavy (non-hydrogen) atoms. The number of aliphatic hydroxyl groups excluding tert-OH is 1. The lowest BCUT2D eigenvalue weighted by molar-refractivity contribution is -0.138. The maximum absolute atomic E-state index is 12.1. The summed E-state index contributed by atoms with van der Waals surface area (Å²) in [6.07, 6.45) is 1.98. The van der Waals surface area contributed by atoms with E-state index in [-0.39, 0.29) is 26.2 Å². The SMILES string of the molecule is C=CCN(CCO)C(=O)CN1C(=O)NC(C)(CC)C1=O. The fourth-order valence-corrected chi connectivity index (χ4v) is 1.96. The predicted octanol–water partition coefficient (Wildman–Crippen LogP) is -0.286. The molecular weight excluding hydrogens is 262 g/mol. The minimum atomic E-state index is -0.947. The number of imide groups is 1. The van der Waals surface area contributed by atoms with Crippen LogP contribution in [0.15, 0.2) is 12.7 Å². The van der Waals surface area contributed by atoms with Gasteiger partial charge in [0.1, 0.15) is 12.1 Å². The quantitative estimate of drug-likeness (QED) is 0.496. The van der Waals surface area contributed by atoms with Gasteiger partial charge in [-0.3, -0.25) is 14.5 Å². The third kappa shape index (κ3) is 3.16. The highest BCUT2D eigenvalue weighted by atomic mass is 16.3. The maximum atomic E-state index is 12.1. The molecule has 1 heterocycles. The van der Waals surface area contributed by atoms with Gasteiger partial charge in [-0.05, 0) is 13.3 Å². The number of nitrogens with zero attached hydrogens (tertiary/aromatic N) is 2. The van der Waals surface area contributed by atoms with Crippen molar-refractivity contribution in [2.75, 3.05) is 26.2 Å². The van der Waals surface area contributed by atoms with Crippen LogP contribution in [0, 0.1) is 0 Å². The molecule has 0 aromatic carbocycles. The zero-order valence-electron chi connectivity index (χ0n) is 11.9. The highest BCUT2D eigenvalue weighted by molar-refractivity contribution is 6.08. The molecule has 0 spiro atoms. The van der Waals surface area contributed by atoms with Crippen molar-refractivity contribution < 1.29 is 19.5 Å². The Labute approximate surface area is 118 Å². The van der Waals surface area contributed by atoms with Gasteiger partial charge in [-0.15, -0.1) is 6.58 Å². The average Bonchev–Trinajstić information content (AvgIpc) is 2.63. The molecule has 1 fully saturated rings. The third-order valence-corrected chi connectivity index (χ3v) is 3.42. The monoisotopic (exact) mass is 283 g/mol. The van der Waals surface area contributed by atoms with Crippen LogP contribution in [-0.4, -0.2) is 64.5 Å². The van der Waals surface area contributed by atoms with Crippen LogP contribution in [0.4, 0.5) is 4.79 Å². The van der Waals surface area contributed by atoms with Crippen LogP contribution in [-0.2, 0) is 9.59 Å². The van der Waals surface area contributed by atoms with E-state index in [1.807, 2.05) is 0 Å². The molecule has 0 radical (unpaired) electrons. The topological polar surface area (TPSA) is 89.9 Å². The molecule has 1 atom stereocenters. The molecule has 1 unspecified atom stereocenters. The molecule has 1 aliphatic heterocycles. The second-order valence-electron chi connectivity index (χ2n) is 4.86. The first kappa shape index (κ1) is 16.2. The summed E-state index contributed by atoms with van der Waals surface area (Å²) >= 11 is 0. The smallest absolute Gasteiger partial charge is 0.325 e. The molecule has 0 saturated carbocycles. The van der Waals surface area contributed by atoms with Crippen molar-refractivity contribution in [1.82, 2.24) is 15.1 Å². The third-order valence-electron chi connectivity index (χ3n) is 3.42. The first-order chi connectivity index (χ1) is 9.39. The highest BCUT2D eigenvalue weighted by Gasteiger charge is 2.47. The summed E-state index contributed by atoms with van der Waals surface area (Å²) in [4.78, 5) is 38.3. The molecule has 1 rings (SSSR count). The first-order valence-corrected chi connectivity index (χ1v) is 6.53. The lowest BCUT2D eigenvalue weighted by Gasteiger charge is -2.23. The van der Waals surface area contributed by atoms with Crippen LogP contribution in [0.25, 0.3) is 0 Å². The summed E-state index contributed by atoms with van der Waals surface area (Å²) in [5.74, 6) is -0.802. The van der Waals surface area contributed by atoms with E-state index in [2.05, 4.69) is 11.9 Å². The summed E-state index contributed by atoms with van der Waals surface area (Å²) in [6, 6.07) is -0.560. The van der Waals surface area contributed by atoms with Crippen LogP contribution < -0.4 is 5.32 Å². The molecule has 4 amide bonds. The van der Waals surface area contributed by atoms with Crippen molar-refractivity contribution in [3.05, 3.63) is 12.7 Å². The Hall–Kier alpha value is -1.89. The molecule has 112 valence electrons. The summed E-state index contributed by atoms with van der Waals surface area (Å²) in [6.45, 7) is 6.83. The number of amides is 4. The van der Waals surface area contributed by atoms with Crippen LogP contribution in [0.2, 0.25) is 0 Å². The van der Waals surface area contributed by atoms with E-state index in [1.54, 1.807) is 13.8 Å². The standard InChI is InChI=1S/C13H21N3O4/c1-4-6-15(7-8-17)10(18)9-16-11(19)13(3,5-2)14-12(16)20/h4,17H,1,5-9H2,2-3H3,(H,14,20). The predicted molar refractivity (Wildman–Crippen MR) is 72.8 cm³/mol. The number of urea groups is 1. The molecule has 0 aromatic rings. The van der Waals surface area contributed by atoms with E-state index in [9.17, 15) is 14.4 Å². The van der Waals surface area contributed by atoms with Gasteiger partial charge in [-0.1, -0.05) is 13.0 Å². The second kappa shape index (κ2) is 6.51.